The van der Waals surface area contributed by atoms with E-state index in [1.807, 2.05) is 50.3 Å². The van der Waals surface area contributed by atoms with Crippen molar-refractivity contribution in [2.75, 3.05) is 6.54 Å². The van der Waals surface area contributed by atoms with Crippen LogP contribution in [0.4, 0.5) is 0 Å². The third kappa shape index (κ3) is 3.65. The van der Waals surface area contributed by atoms with E-state index in [0.29, 0.717) is 12.8 Å². The lowest BCUT2D eigenvalue weighted by Crippen LogP contribution is -2.36. The first kappa shape index (κ1) is 17.4. The van der Waals surface area contributed by atoms with Crippen LogP contribution in [0.3, 0.4) is 0 Å². The lowest BCUT2D eigenvalue weighted by Gasteiger charge is -2.17. The number of nitrogens with zero attached hydrogens (tertiary/aromatic N) is 1. The Bertz CT molecular complexity index is 682. The summed E-state index contributed by atoms with van der Waals surface area (Å²) in [5, 5.41) is 2.93. The second-order valence-corrected chi connectivity index (χ2v) is 6.93. The quantitative estimate of drug-likeness (QED) is 0.661. The molecule has 132 valence electrons. The average molecular weight is 340 g/mol. The highest BCUT2D eigenvalue weighted by Crippen LogP contribution is 2.34. The monoisotopic (exact) mass is 340 g/mol. The molecule has 0 bridgehead atoms. The van der Waals surface area contributed by atoms with Crippen LogP contribution in [-0.2, 0) is 14.4 Å². The van der Waals surface area contributed by atoms with E-state index in [9.17, 15) is 14.4 Å². The normalized spacial score (nSPS) is 23.5. The standard InChI is InChI=1S/C20H24N2O3/c1-13-7-9-15(10-8-13)14(2)21-18(23)11-12-22-19(24)16-5-3-4-6-17(16)20(22)25/h3-4,7-10,14,16-17H,5-6,11-12H2,1-2H3,(H,21,23)/t14-,16-,17+/m0/s1. The number of hydrogen-bond donors (Lipinski definition) is 1. The highest BCUT2D eigenvalue weighted by Gasteiger charge is 2.46. The predicted molar refractivity (Wildman–Crippen MR) is 94.4 cm³/mol. The van der Waals surface area contributed by atoms with E-state index in [4.69, 9.17) is 0 Å². The molecular formula is C20H24N2O3. The van der Waals surface area contributed by atoms with E-state index in [1.165, 1.54) is 10.5 Å². The Morgan fingerprint density at radius 3 is 2.24 bits per heavy atom. The van der Waals surface area contributed by atoms with E-state index in [-0.39, 0.29) is 48.6 Å². The maximum absolute atomic E-state index is 12.4. The van der Waals surface area contributed by atoms with Crippen LogP contribution < -0.4 is 5.32 Å². The summed E-state index contributed by atoms with van der Waals surface area (Å²) < 4.78 is 0. The zero-order valence-electron chi connectivity index (χ0n) is 14.7. The highest BCUT2D eigenvalue weighted by atomic mass is 16.2. The van der Waals surface area contributed by atoms with Gasteiger partial charge in [-0.15, -0.1) is 0 Å². The summed E-state index contributed by atoms with van der Waals surface area (Å²) in [4.78, 5) is 38.2. The van der Waals surface area contributed by atoms with Crippen molar-refractivity contribution in [1.82, 2.24) is 10.2 Å². The molecule has 25 heavy (non-hydrogen) atoms. The van der Waals surface area contributed by atoms with Crippen molar-refractivity contribution >= 4 is 17.7 Å². The molecule has 1 aliphatic carbocycles. The van der Waals surface area contributed by atoms with Gasteiger partial charge in [-0.2, -0.15) is 0 Å². The smallest absolute Gasteiger partial charge is 0.233 e. The van der Waals surface area contributed by atoms with Gasteiger partial charge in [0.1, 0.15) is 0 Å². The molecule has 5 nitrogen and oxygen atoms in total. The van der Waals surface area contributed by atoms with Gasteiger partial charge in [-0.3, -0.25) is 19.3 Å². The maximum atomic E-state index is 12.4. The van der Waals surface area contributed by atoms with Gasteiger partial charge in [0.25, 0.3) is 0 Å². The Morgan fingerprint density at radius 2 is 1.68 bits per heavy atom. The summed E-state index contributed by atoms with van der Waals surface area (Å²) >= 11 is 0. The highest BCUT2D eigenvalue weighted by molar-refractivity contribution is 6.05. The molecule has 1 aliphatic heterocycles. The van der Waals surface area contributed by atoms with Gasteiger partial charge in [0.2, 0.25) is 17.7 Å². The van der Waals surface area contributed by atoms with Crippen LogP contribution in [0.15, 0.2) is 36.4 Å². The third-order valence-corrected chi connectivity index (χ3v) is 5.12. The minimum absolute atomic E-state index is 0.107. The summed E-state index contributed by atoms with van der Waals surface area (Å²) in [5.41, 5.74) is 2.20. The molecule has 5 heteroatoms. The predicted octanol–water partition coefficient (Wildman–Crippen LogP) is 2.51. The molecule has 0 spiro atoms. The second-order valence-electron chi connectivity index (χ2n) is 6.93. The summed E-state index contributed by atoms with van der Waals surface area (Å²) in [7, 11) is 0. The number of aryl methyl sites for hydroxylation is 1. The lowest BCUT2D eigenvalue weighted by atomic mass is 9.85. The van der Waals surface area contributed by atoms with Gasteiger partial charge in [-0.05, 0) is 32.3 Å². The molecule has 3 atom stereocenters. The van der Waals surface area contributed by atoms with Crippen molar-refractivity contribution < 1.29 is 14.4 Å². The summed E-state index contributed by atoms with van der Waals surface area (Å²) in [6, 6.07) is 7.90. The molecule has 2 aliphatic rings. The molecule has 0 radical (unpaired) electrons. The lowest BCUT2D eigenvalue weighted by molar-refractivity contribution is -0.140. The Labute approximate surface area is 148 Å². The minimum atomic E-state index is -0.230. The van der Waals surface area contributed by atoms with Crippen LogP contribution in [0.2, 0.25) is 0 Å². The van der Waals surface area contributed by atoms with Gasteiger partial charge in [-0.1, -0.05) is 42.0 Å². The van der Waals surface area contributed by atoms with Crippen molar-refractivity contribution in [3.05, 3.63) is 47.5 Å². The number of imide groups is 1. The maximum Gasteiger partial charge on any atom is 0.233 e. The van der Waals surface area contributed by atoms with Crippen LogP contribution in [0.5, 0.6) is 0 Å². The molecule has 3 rings (SSSR count). The van der Waals surface area contributed by atoms with Crippen molar-refractivity contribution in [1.29, 1.82) is 0 Å². The number of benzene rings is 1. The molecule has 1 heterocycles. The van der Waals surface area contributed by atoms with Crippen molar-refractivity contribution in [2.45, 2.75) is 39.2 Å². The number of carbonyl (C=O) groups is 3. The van der Waals surface area contributed by atoms with Crippen LogP contribution in [-0.4, -0.2) is 29.2 Å². The molecule has 0 unspecified atom stereocenters. The number of nitrogens with one attached hydrogen (secondary N) is 1. The Morgan fingerprint density at radius 1 is 1.12 bits per heavy atom. The molecule has 0 aromatic heterocycles. The van der Waals surface area contributed by atoms with E-state index in [1.54, 1.807) is 0 Å². The average Bonchev–Trinajstić information content (AvgIpc) is 2.85. The fourth-order valence-corrected chi connectivity index (χ4v) is 3.55. The molecular weight excluding hydrogens is 316 g/mol. The SMILES string of the molecule is Cc1ccc([C@H](C)NC(=O)CCN2C(=O)[C@H]3CC=CC[C@H]3C2=O)cc1. The van der Waals surface area contributed by atoms with E-state index in [0.717, 1.165) is 5.56 Å². The molecule has 1 saturated heterocycles. The molecule has 1 N–H and O–H groups in total. The number of hydrogen-bond acceptors (Lipinski definition) is 3. The van der Waals surface area contributed by atoms with Crippen LogP contribution in [0, 0.1) is 18.8 Å². The number of fused-ring (bicyclic) bond motifs is 1. The van der Waals surface area contributed by atoms with Gasteiger partial charge in [-0.25, -0.2) is 0 Å². The van der Waals surface area contributed by atoms with Crippen molar-refractivity contribution in [2.24, 2.45) is 11.8 Å². The van der Waals surface area contributed by atoms with Crippen molar-refractivity contribution in [3.63, 3.8) is 0 Å². The fourth-order valence-electron chi connectivity index (χ4n) is 3.55. The minimum Gasteiger partial charge on any atom is -0.350 e. The Kier molecular flexibility index (Phi) is 5.02. The van der Waals surface area contributed by atoms with Gasteiger partial charge < -0.3 is 5.32 Å². The van der Waals surface area contributed by atoms with Crippen molar-refractivity contribution in [3.8, 4) is 0 Å². The number of amides is 3. The van der Waals surface area contributed by atoms with E-state index in [2.05, 4.69) is 5.32 Å². The van der Waals surface area contributed by atoms with Crippen LogP contribution in [0.25, 0.3) is 0 Å². The zero-order valence-corrected chi connectivity index (χ0v) is 14.7. The Balaban J connectivity index is 1.53. The summed E-state index contributed by atoms with van der Waals surface area (Å²) in [6.07, 6.45) is 5.32. The molecule has 0 saturated carbocycles. The van der Waals surface area contributed by atoms with Gasteiger partial charge in [0.05, 0.1) is 17.9 Å². The topological polar surface area (TPSA) is 66.5 Å². The number of likely N-dealkylation sites (tertiary alicyclic amines) is 1. The molecule has 3 amide bonds. The first-order valence-corrected chi connectivity index (χ1v) is 8.83. The molecule has 1 aromatic rings. The van der Waals surface area contributed by atoms with Crippen LogP contribution in [0.1, 0.15) is 43.4 Å². The largest absolute Gasteiger partial charge is 0.350 e. The number of allylic oxidation sites excluding steroid dienone is 2. The van der Waals surface area contributed by atoms with E-state index >= 15 is 0 Å². The van der Waals surface area contributed by atoms with E-state index < -0.39 is 0 Å². The van der Waals surface area contributed by atoms with Gasteiger partial charge in [0, 0.05) is 13.0 Å². The third-order valence-electron chi connectivity index (χ3n) is 5.12. The van der Waals surface area contributed by atoms with Crippen LogP contribution >= 0.6 is 0 Å². The zero-order chi connectivity index (χ0) is 18.0. The number of rotatable bonds is 5. The second kappa shape index (κ2) is 7.21. The fraction of sp³-hybridized carbons (Fsp3) is 0.450. The summed E-state index contributed by atoms with van der Waals surface area (Å²) in [5.74, 6) is -0.863. The molecule has 1 fully saturated rings. The number of carbonyl (C=O) groups excluding carboxylic acids is 3. The van der Waals surface area contributed by atoms with Gasteiger partial charge >= 0.3 is 0 Å². The van der Waals surface area contributed by atoms with Gasteiger partial charge in [0.15, 0.2) is 0 Å². The Hall–Kier alpha value is -2.43. The summed E-state index contributed by atoms with van der Waals surface area (Å²) in [6.45, 7) is 4.11. The first-order chi connectivity index (χ1) is 12.0. The first-order valence-electron chi connectivity index (χ1n) is 8.83. The molecule has 1 aromatic carbocycles.